The molecule has 1 amide bonds. The topological polar surface area (TPSA) is 76.1 Å². The molecule has 2 atom stereocenters. The third kappa shape index (κ3) is 13.7. The van der Waals surface area contributed by atoms with Gasteiger partial charge in [-0.1, -0.05) is 124 Å². The number of aldehydes is 1. The molecule has 1 saturated heterocycles. The molecule has 0 aliphatic carbocycles. The maximum atomic E-state index is 12.0. The van der Waals surface area contributed by atoms with Crippen LogP contribution in [0.25, 0.3) is 0 Å². The predicted molar refractivity (Wildman–Crippen MR) is 204 cm³/mol. The van der Waals surface area contributed by atoms with Gasteiger partial charge in [0.2, 0.25) is 5.91 Å². The van der Waals surface area contributed by atoms with Gasteiger partial charge in [0.05, 0.1) is 19.3 Å². The molecule has 4 aromatic rings. The van der Waals surface area contributed by atoms with Crippen molar-refractivity contribution < 1.29 is 14.7 Å². The Morgan fingerprint density at radius 3 is 2.02 bits per heavy atom. The molecule has 0 spiro atoms. The lowest BCUT2D eigenvalue weighted by atomic mass is 10.0. The van der Waals surface area contributed by atoms with Gasteiger partial charge in [0.25, 0.3) is 0 Å². The molecule has 1 fully saturated rings. The van der Waals surface area contributed by atoms with Gasteiger partial charge in [-0.15, -0.1) is 6.58 Å². The van der Waals surface area contributed by atoms with Crippen LogP contribution in [0.15, 0.2) is 122 Å². The Morgan fingerprint density at radius 1 is 0.898 bits per heavy atom. The molecule has 262 valence electrons. The number of hydrogen-bond donors (Lipinski definition) is 2. The van der Waals surface area contributed by atoms with E-state index in [1.807, 2.05) is 69.1 Å². The molecule has 7 nitrogen and oxygen atoms in total. The van der Waals surface area contributed by atoms with Crippen LogP contribution in [0.3, 0.4) is 0 Å². The highest BCUT2D eigenvalue weighted by atomic mass is 16.3. The maximum Gasteiger partial charge on any atom is 0.239 e. The minimum absolute atomic E-state index is 0.0438. The summed E-state index contributed by atoms with van der Waals surface area (Å²) >= 11 is 0. The minimum Gasteiger partial charge on any atom is -0.508 e. The molecule has 2 unspecified atom stereocenters. The number of aryl methyl sites for hydroxylation is 2. The van der Waals surface area contributed by atoms with Crippen molar-refractivity contribution in [2.45, 2.75) is 72.6 Å². The van der Waals surface area contributed by atoms with E-state index in [1.54, 1.807) is 17.0 Å². The van der Waals surface area contributed by atoms with Crippen molar-refractivity contribution in [2.75, 3.05) is 25.0 Å². The van der Waals surface area contributed by atoms with Gasteiger partial charge in [0, 0.05) is 25.3 Å². The number of amides is 1. The summed E-state index contributed by atoms with van der Waals surface area (Å²) in [6.07, 6.45) is 5.16. The Balaban J connectivity index is 0.000000272. The number of phenols is 1. The fraction of sp³-hybridized carbons (Fsp3) is 0.333. The number of nitrogens with zero attached hydrogens (tertiary/aromatic N) is 3. The van der Waals surface area contributed by atoms with Crippen LogP contribution in [0.2, 0.25) is 0 Å². The highest BCUT2D eigenvalue weighted by Crippen LogP contribution is 2.20. The van der Waals surface area contributed by atoms with Crippen molar-refractivity contribution in [3.05, 3.63) is 144 Å². The molecule has 5 rings (SSSR count). The Morgan fingerprint density at radius 2 is 1.49 bits per heavy atom. The van der Waals surface area contributed by atoms with E-state index in [1.165, 1.54) is 27.9 Å². The lowest BCUT2D eigenvalue weighted by molar-refractivity contribution is -0.151. The highest BCUT2D eigenvalue weighted by Gasteiger charge is 2.35. The lowest BCUT2D eigenvalue weighted by Gasteiger charge is -2.45. The minimum atomic E-state index is -0.141. The molecule has 0 saturated carbocycles. The molecular formula is C42H56N4O3. The molecule has 0 bridgehead atoms. The second-order valence-corrected chi connectivity index (χ2v) is 11.5. The van der Waals surface area contributed by atoms with Crippen LogP contribution in [-0.2, 0) is 29.0 Å². The lowest BCUT2D eigenvalue weighted by Crippen LogP contribution is -2.66. The normalized spacial score (nSPS) is 14.4. The number of hydrogen-bond acceptors (Lipinski definition) is 6. The smallest absolute Gasteiger partial charge is 0.239 e. The second-order valence-electron chi connectivity index (χ2n) is 11.5. The summed E-state index contributed by atoms with van der Waals surface area (Å²) in [4.78, 5) is 26.8. The van der Waals surface area contributed by atoms with Crippen LogP contribution in [0.4, 0.5) is 5.69 Å². The van der Waals surface area contributed by atoms with Crippen molar-refractivity contribution in [3.63, 3.8) is 0 Å². The third-order valence-corrected chi connectivity index (χ3v) is 8.02. The van der Waals surface area contributed by atoms with Gasteiger partial charge >= 0.3 is 0 Å². The van der Waals surface area contributed by atoms with Gasteiger partial charge in [-0.3, -0.25) is 4.79 Å². The van der Waals surface area contributed by atoms with Crippen molar-refractivity contribution in [1.29, 1.82) is 0 Å². The number of carbonyl (C=O) groups is 2. The van der Waals surface area contributed by atoms with E-state index in [9.17, 15) is 9.59 Å². The summed E-state index contributed by atoms with van der Waals surface area (Å²) in [5.74, 6) is 0.285. The van der Waals surface area contributed by atoms with Crippen molar-refractivity contribution in [2.24, 2.45) is 0 Å². The maximum absolute atomic E-state index is 12.0. The van der Waals surface area contributed by atoms with Crippen LogP contribution in [0, 0.1) is 6.92 Å². The zero-order chi connectivity index (χ0) is 36.0. The standard InChI is InChI=1S/C17H23N3O2.C16H19N.C7H8O.C2H6/c1-3-15(12-14-8-6-5-7-9-14)20-16(4-2)19(10-11-21)17(22)13-18-20;1-3-14-10-7-11-16(12-14)17(2)13-15-8-5-4-6-9-15;1-6-2-4-7(8)5-3-6;1-2/h3,5-9,11,15-16,18H,1,4,10,12-13H2,2H3;4-12H,3,13H2,1-2H3;2-5,8H,1H3;1-2H3. The summed E-state index contributed by atoms with van der Waals surface area (Å²) in [5.41, 5.74) is 9.59. The van der Waals surface area contributed by atoms with Gasteiger partial charge < -0.3 is 19.7 Å². The largest absolute Gasteiger partial charge is 0.508 e. The summed E-state index contributed by atoms with van der Waals surface area (Å²) in [6, 6.07) is 36.6. The molecule has 1 aliphatic rings. The molecular weight excluding hydrogens is 608 g/mol. The zero-order valence-electron chi connectivity index (χ0n) is 30.3. The van der Waals surface area contributed by atoms with Gasteiger partial charge in [0.15, 0.2) is 0 Å². The van der Waals surface area contributed by atoms with Crippen LogP contribution >= 0.6 is 0 Å². The van der Waals surface area contributed by atoms with E-state index in [0.29, 0.717) is 5.75 Å². The van der Waals surface area contributed by atoms with E-state index in [4.69, 9.17) is 5.11 Å². The first-order valence-corrected chi connectivity index (χ1v) is 17.3. The molecule has 2 N–H and O–H groups in total. The van der Waals surface area contributed by atoms with Gasteiger partial charge in [-0.2, -0.15) is 0 Å². The van der Waals surface area contributed by atoms with E-state index < -0.39 is 0 Å². The fourth-order valence-corrected chi connectivity index (χ4v) is 5.40. The van der Waals surface area contributed by atoms with Crippen LogP contribution in [-0.4, -0.2) is 59.6 Å². The average molecular weight is 665 g/mol. The monoisotopic (exact) mass is 664 g/mol. The highest BCUT2D eigenvalue weighted by molar-refractivity contribution is 5.81. The number of rotatable bonds is 11. The van der Waals surface area contributed by atoms with E-state index in [0.717, 1.165) is 32.1 Å². The van der Waals surface area contributed by atoms with Gasteiger partial charge in [-0.05, 0) is 67.1 Å². The molecule has 49 heavy (non-hydrogen) atoms. The van der Waals surface area contributed by atoms with Crippen LogP contribution < -0.4 is 10.3 Å². The Kier molecular flexibility index (Phi) is 18.8. The molecule has 1 aliphatic heterocycles. The van der Waals surface area contributed by atoms with Gasteiger partial charge in [-0.25, -0.2) is 10.4 Å². The molecule has 4 aromatic carbocycles. The molecule has 0 aromatic heterocycles. The van der Waals surface area contributed by atoms with Crippen molar-refractivity contribution in [1.82, 2.24) is 15.3 Å². The first-order valence-electron chi connectivity index (χ1n) is 17.3. The number of aromatic hydroxyl groups is 1. The average Bonchev–Trinajstić information content (AvgIpc) is 3.15. The number of benzene rings is 4. The summed E-state index contributed by atoms with van der Waals surface area (Å²) < 4.78 is 0. The van der Waals surface area contributed by atoms with Gasteiger partial charge in [0.1, 0.15) is 12.0 Å². The zero-order valence-corrected chi connectivity index (χ0v) is 30.3. The number of hydrazine groups is 1. The third-order valence-electron chi connectivity index (χ3n) is 8.02. The van der Waals surface area contributed by atoms with Crippen LogP contribution in [0.1, 0.15) is 56.4 Å². The Labute approximate surface area is 294 Å². The molecule has 0 radical (unpaired) electrons. The predicted octanol–water partition coefficient (Wildman–Crippen LogP) is 7.98. The fourth-order valence-electron chi connectivity index (χ4n) is 5.40. The van der Waals surface area contributed by atoms with Crippen LogP contribution in [0.5, 0.6) is 5.75 Å². The molecule has 1 heterocycles. The summed E-state index contributed by atoms with van der Waals surface area (Å²) in [7, 11) is 2.14. The van der Waals surface area contributed by atoms with Crippen molar-refractivity contribution in [3.8, 4) is 5.75 Å². The number of anilines is 1. The van der Waals surface area contributed by atoms with E-state index in [-0.39, 0.29) is 31.2 Å². The van der Waals surface area contributed by atoms with Crippen molar-refractivity contribution >= 4 is 17.9 Å². The number of nitrogens with one attached hydrogen (secondary N) is 1. The Bertz CT molecular complexity index is 1470. The first-order chi connectivity index (χ1) is 23.8. The first kappa shape index (κ1) is 40.5. The summed E-state index contributed by atoms with van der Waals surface area (Å²) in [6.45, 7) is 15.4. The van der Waals surface area contributed by atoms with E-state index >= 15 is 0 Å². The number of carbonyl (C=O) groups excluding carboxylic acids is 2. The SMILES string of the molecule is C=CC(Cc1ccccc1)N1NCC(=O)N(CC=O)C1CC.CC.CCc1cccc(N(C)Cc2ccccc2)c1.Cc1ccc(O)cc1. The van der Waals surface area contributed by atoms with E-state index in [2.05, 4.69) is 97.6 Å². The summed E-state index contributed by atoms with van der Waals surface area (Å²) in [5, 5.41) is 10.8. The molecule has 7 heteroatoms. The quantitative estimate of drug-likeness (QED) is 0.125. The second kappa shape index (κ2) is 22.8. The Hall–Kier alpha value is -4.72. The number of phenolic OH excluding ortho intramolecular Hbond substituents is 1.